The third-order valence-electron chi connectivity index (χ3n) is 3.14. The molecule has 0 saturated heterocycles. The van der Waals surface area contributed by atoms with Crippen molar-refractivity contribution in [3.8, 4) is 0 Å². The zero-order chi connectivity index (χ0) is 12.8. The van der Waals surface area contributed by atoms with Crippen molar-refractivity contribution in [1.82, 2.24) is 10.3 Å². The third kappa shape index (κ3) is 3.31. The second-order valence-corrected chi connectivity index (χ2v) is 4.45. The Morgan fingerprint density at radius 3 is 2.61 bits per heavy atom. The van der Waals surface area contributed by atoms with Crippen molar-refractivity contribution in [2.24, 2.45) is 0 Å². The molecule has 0 saturated carbocycles. The van der Waals surface area contributed by atoms with Crippen LogP contribution in [0.25, 0.3) is 0 Å². The van der Waals surface area contributed by atoms with Crippen LogP contribution in [0.15, 0.2) is 48.8 Å². The second kappa shape index (κ2) is 6.17. The Balaban J connectivity index is 2.04. The lowest BCUT2D eigenvalue weighted by Gasteiger charge is -2.17. The SMILES string of the molecule is CNC(Cc1ccccc1)Cc1cnccc1N. The van der Waals surface area contributed by atoms with E-state index in [1.165, 1.54) is 5.56 Å². The maximum absolute atomic E-state index is 5.95. The zero-order valence-corrected chi connectivity index (χ0v) is 10.6. The van der Waals surface area contributed by atoms with Crippen LogP contribution in [0.1, 0.15) is 11.1 Å². The predicted octanol–water partition coefficient (Wildman–Crippen LogP) is 2.04. The standard InChI is InChI=1S/C15H19N3/c1-17-14(9-12-5-3-2-4-6-12)10-13-11-18-8-7-15(13)16/h2-8,11,14,17H,9-10H2,1H3,(H2,16,18). The van der Waals surface area contributed by atoms with Crippen LogP contribution in [-0.2, 0) is 12.8 Å². The minimum atomic E-state index is 0.374. The fourth-order valence-electron chi connectivity index (χ4n) is 2.05. The Kier molecular flexibility index (Phi) is 4.31. The van der Waals surface area contributed by atoms with Crippen LogP contribution in [0.2, 0.25) is 0 Å². The summed E-state index contributed by atoms with van der Waals surface area (Å²) in [6.45, 7) is 0. The van der Waals surface area contributed by atoms with Crippen LogP contribution in [-0.4, -0.2) is 18.1 Å². The summed E-state index contributed by atoms with van der Waals surface area (Å²) in [7, 11) is 1.99. The first-order valence-electron chi connectivity index (χ1n) is 6.19. The highest BCUT2D eigenvalue weighted by Crippen LogP contribution is 2.13. The van der Waals surface area contributed by atoms with E-state index in [1.54, 1.807) is 6.20 Å². The summed E-state index contributed by atoms with van der Waals surface area (Å²) >= 11 is 0. The molecule has 1 atom stereocenters. The smallest absolute Gasteiger partial charge is 0.0378 e. The summed E-state index contributed by atoms with van der Waals surface area (Å²) in [5.74, 6) is 0. The number of nitrogens with one attached hydrogen (secondary N) is 1. The lowest BCUT2D eigenvalue weighted by atomic mass is 9.99. The minimum absolute atomic E-state index is 0.374. The number of likely N-dealkylation sites (N-methyl/N-ethyl adjacent to an activating group) is 1. The number of rotatable bonds is 5. The zero-order valence-electron chi connectivity index (χ0n) is 10.6. The largest absolute Gasteiger partial charge is 0.398 e. The summed E-state index contributed by atoms with van der Waals surface area (Å²) in [5, 5.41) is 3.34. The lowest BCUT2D eigenvalue weighted by Crippen LogP contribution is -2.30. The van der Waals surface area contributed by atoms with Crippen LogP contribution in [0.5, 0.6) is 0 Å². The van der Waals surface area contributed by atoms with Gasteiger partial charge in [0.2, 0.25) is 0 Å². The molecule has 1 unspecified atom stereocenters. The number of anilines is 1. The first kappa shape index (κ1) is 12.6. The number of nitrogens with zero attached hydrogens (tertiary/aromatic N) is 1. The molecule has 0 bridgehead atoms. The van der Waals surface area contributed by atoms with E-state index < -0.39 is 0 Å². The van der Waals surface area contributed by atoms with Gasteiger partial charge in [-0.1, -0.05) is 30.3 Å². The summed E-state index contributed by atoms with van der Waals surface area (Å²) in [5.41, 5.74) is 9.20. The molecule has 1 aromatic carbocycles. The van der Waals surface area contributed by atoms with E-state index >= 15 is 0 Å². The molecule has 0 fully saturated rings. The van der Waals surface area contributed by atoms with Crippen LogP contribution in [0.4, 0.5) is 5.69 Å². The van der Waals surface area contributed by atoms with Crippen molar-refractivity contribution in [2.75, 3.05) is 12.8 Å². The van der Waals surface area contributed by atoms with Gasteiger partial charge in [-0.3, -0.25) is 4.98 Å². The third-order valence-corrected chi connectivity index (χ3v) is 3.14. The van der Waals surface area contributed by atoms with E-state index in [-0.39, 0.29) is 0 Å². The van der Waals surface area contributed by atoms with Gasteiger partial charge >= 0.3 is 0 Å². The number of nitrogens with two attached hydrogens (primary N) is 1. The molecule has 0 aliphatic carbocycles. The summed E-state index contributed by atoms with van der Waals surface area (Å²) in [4.78, 5) is 4.13. The number of nitrogen functional groups attached to an aromatic ring is 1. The number of pyridine rings is 1. The van der Waals surface area contributed by atoms with Crippen molar-refractivity contribution in [3.05, 3.63) is 59.9 Å². The quantitative estimate of drug-likeness (QED) is 0.842. The molecule has 3 nitrogen and oxygen atoms in total. The van der Waals surface area contributed by atoms with E-state index in [9.17, 15) is 0 Å². The summed E-state index contributed by atoms with van der Waals surface area (Å²) in [6, 6.07) is 12.7. The molecule has 0 aliphatic rings. The van der Waals surface area contributed by atoms with Gasteiger partial charge in [0, 0.05) is 24.1 Å². The normalized spacial score (nSPS) is 12.3. The Bertz CT molecular complexity index is 482. The Labute approximate surface area is 108 Å². The van der Waals surface area contributed by atoms with Gasteiger partial charge in [-0.15, -0.1) is 0 Å². The monoisotopic (exact) mass is 241 g/mol. The van der Waals surface area contributed by atoms with Crippen molar-refractivity contribution < 1.29 is 0 Å². The van der Waals surface area contributed by atoms with Gasteiger partial charge in [0.25, 0.3) is 0 Å². The van der Waals surface area contributed by atoms with Gasteiger partial charge in [-0.25, -0.2) is 0 Å². The average molecular weight is 241 g/mol. The van der Waals surface area contributed by atoms with Gasteiger partial charge in [0.15, 0.2) is 0 Å². The molecule has 0 aliphatic heterocycles. The maximum Gasteiger partial charge on any atom is 0.0378 e. The number of hydrogen-bond acceptors (Lipinski definition) is 3. The van der Waals surface area contributed by atoms with Crippen LogP contribution in [0, 0.1) is 0 Å². The second-order valence-electron chi connectivity index (χ2n) is 4.45. The molecule has 0 spiro atoms. The summed E-state index contributed by atoms with van der Waals surface area (Å²) < 4.78 is 0. The molecule has 3 heteroatoms. The highest BCUT2D eigenvalue weighted by molar-refractivity contribution is 5.44. The average Bonchev–Trinajstić information content (AvgIpc) is 2.41. The summed E-state index contributed by atoms with van der Waals surface area (Å²) in [6.07, 6.45) is 5.46. The Morgan fingerprint density at radius 2 is 1.94 bits per heavy atom. The molecule has 2 rings (SSSR count). The molecule has 3 N–H and O–H groups in total. The van der Waals surface area contributed by atoms with Gasteiger partial charge in [0.1, 0.15) is 0 Å². The number of benzene rings is 1. The predicted molar refractivity (Wildman–Crippen MR) is 75.3 cm³/mol. The van der Waals surface area contributed by atoms with E-state index in [4.69, 9.17) is 5.73 Å². The minimum Gasteiger partial charge on any atom is -0.398 e. The van der Waals surface area contributed by atoms with Crippen molar-refractivity contribution >= 4 is 5.69 Å². The molecule has 0 radical (unpaired) electrons. The molecule has 1 aromatic heterocycles. The topological polar surface area (TPSA) is 50.9 Å². The van der Waals surface area contributed by atoms with E-state index in [0.29, 0.717) is 6.04 Å². The van der Waals surface area contributed by atoms with Gasteiger partial charge in [0.05, 0.1) is 0 Å². The van der Waals surface area contributed by atoms with E-state index in [0.717, 1.165) is 24.1 Å². The lowest BCUT2D eigenvalue weighted by molar-refractivity contribution is 0.556. The number of aromatic nitrogens is 1. The highest BCUT2D eigenvalue weighted by Gasteiger charge is 2.10. The van der Waals surface area contributed by atoms with Crippen LogP contribution >= 0.6 is 0 Å². The first-order valence-corrected chi connectivity index (χ1v) is 6.19. The van der Waals surface area contributed by atoms with Crippen molar-refractivity contribution in [2.45, 2.75) is 18.9 Å². The molecule has 0 amide bonds. The molecule has 18 heavy (non-hydrogen) atoms. The Hall–Kier alpha value is -1.87. The van der Waals surface area contributed by atoms with Gasteiger partial charge in [-0.05, 0) is 37.1 Å². The van der Waals surface area contributed by atoms with Gasteiger partial charge < -0.3 is 11.1 Å². The fraction of sp³-hybridized carbons (Fsp3) is 0.267. The van der Waals surface area contributed by atoms with E-state index in [1.807, 2.05) is 25.4 Å². The van der Waals surface area contributed by atoms with Crippen LogP contribution < -0.4 is 11.1 Å². The molecule has 2 aromatic rings. The van der Waals surface area contributed by atoms with Crippen LogP contribution in [0.3, 0.4) is 0 Å². The molecular weight excluding hydrogens is 222 g/mol. The highest BCUT2D eigenvalue weighted by atomic mass is 14.9. The Morgan fingerprint density at radius 1 is 1.17 bits per heavy atom. The maximum atomic E-state index is 5.95. The van der Waals surface area contributed by atoms with Gasteiger partial charge in [-0.2, -0.15) is 0 Å². The van der Waals surface area contributed by atoms with Crippen molar-refractivity contribution in [1.29, 1.82) is 0 Å². The fourth-order valence-corrected chi connectivity index (χ4v) is 2.05. The number of hydrogen-bond donors (Lipinski definition) is 2. The molecule has 1 heterocycles. The molecular formula is C15H19N3. The molecule has 94 valence electrons. The van der Waals surface area contributed by atoms with Crippen molar-refractivity contribution in [3.63, 3.8) is 0 Å². The van der Waals surface area contributed by atoms with E-state index in [2.05, 4.69) is 34.6 Å². The first-order chi connectivity index (χ1) is 8.79.